The number of nitrogens with zero attached hydrogens (tertiary/aromatic N) is 1. The molecular formula is C18H19N5O. The number of fused-ring (bicyclic) bond motifs is 6. The highest BCUT2D eigenvalue weighted by molar-refractivity contribution is 6.01. The maximum Gasteiger partial charge on any atom is 0.265 e. The molecule has 5 N–H and O–H groups in total. The average Bonchev–Trinajstić information content (AvgIpc) is 3.15. The SMILES string of the molecule is CC1CC2(Cc3cn[nH]c3-c3[nH]c4ccc(C(=O)NN)cc4c32)C1. The van der Waals surface area contributed by atoms with E-state index < -0.39 is 0 Å². The Bertz CT molecular complexity index is 977. The molecular weight excluding hydrogens is 302 g/mol. The molecule has 1 amide bonds. The summed E-state index contributed by atoms with van der Waals surface area (Å²) in [5, 5.41) is 8.51. The van der Waals surface area contributed by atoms with E-state index in [0.717, 1.165) is 34.6 Å². The van der Waals surface area contributed by atoms with E-state index in [9.17, 15) is 4.79 Å². The van der Waals surface area contributed by atoms with Crippen LogP contribution in [0.5, 0.6) is 0 Å². The van der Waals surface area contributed by atoms with Gasteiger partial charge in [0.15, 0.2) is 0 Å². The van der Waals surface area contributed by atoms with Crippen LogP contribution in [0.15, 0.2) is 24.4 Å². The fourth-order valence-corrected chi connectivity index (χ4v) is 4.89. The first-order valence-electron chi connectivity index (χ1n) is 8.31. The van der Waals surface area contributed by atoms with Crippen LogP contribution in [0.3, 0.4) is 0 Å². The number of hydrazine groups is 1. The lowest BCUT2D eigenvalue weighted by atomic mass is 9.54. The van der Waals surface area contributed by atoms with Crippen LogP contribution in [0.1, 0.15) is 41.3 Å². The average molecular weight is 321 g/mol. The van der Waals surface area contributed by atoms with Gasteiger partial charge in [-0.05, 0) is 48.9 Å². The molecule has 1 aromatic carbocycles. The number of aromatic amines is 2. The van der Waals surface area contributed by atoms with Gasteiger partial charge < -0.3 is 4.98 Å². The summed E-state index contributed by atoms with van der Waals surface area (Å²) in [4.78, 5) is 15.5. The number of H-pyrrole nitrogens is 2. The van der Waals surface area contributed by atoms with Gasteiger partial charge in [-0.2, -0.15) is 5.10 Å². The first-order chi connectivity index (χ1) is 11.6. The minimum absolute atomic E-state index is 0.154. The zero-order chi connectivity index (χ0) is 16.5. The quantitative estimate of drug-likeness (QED) is 0.314. The number of nitrogens with two attached hydrogens (primary N) is 1. The van der Waals surface area contributed by atoms with E-state index in [1.54, 1.807) is 6.07 Å². The molecule has 0 bridgehead atoms. The first-order valence-corrected chi connectivity index (χ1v) is 8.31. The van der Waals surface area contributed by atoms with Crippen molar-refractivity contribution in [3.8, 4) is 11.4 Å². The van der Waals surface area contributed by atoms with Crippen LogP contribution in [0.25, 0.3) is 22.3 Å². The molecule has 2 aliphatic carbocycles. The Morgan fingerprint density at radius 2 is 2.21 bits per heavy atom. The number of rotatable bonds is 1. The van der Waals surface area contributed by atoms with Crippen molar-refractivity contribution in [3.63, 3.8) is 0 Å². The molecule has 1 spiro atoms. The van der Waals surface area contributed by atoms with E-state index >= 15 is 0 Å². The standard InChI is InChI=1S/C18H19N5O/c1-9-5-18(6-9)7-11-8-20-23-15(11)16-14(18)12-4-10(17(24)22-19)2-3-13(12)21-16/h2-4,8-9,21H,5-7,19H2,1H3,(H,20,23)(H,22,24). The second kappa shape index (κ2) is 4.48. The number of nitrogen functional groups attached to an aromatic ring is 1. The van der Waals surface area contributed by atoms with Crippen LogP contribution in [-0.2, 0) is 11.8 Å². The predicted octanol–water partition coefficient (Wildman–Crippen LogP) is 2.39. The summed E-state index contributed by atoms with van der Waals surface area (Å²) >= 11 is 0. The van der Waals surface area contributed by atoms with Crippen molar-refractivity contribution in [1.29, 1.82) is 0 Å². The molecule has 6 heteroatoms. The zero-order valence-corrected chi connectivity index (χ0v) is 13.4. The number of benzene rings is 1. The maximum absolute atomic E-state index is 11.9. The van der Waals surface area contributed by atoms with E-state index in [2.05, 4.69) is 27.5 Å². The molecule has 0 atom stereocenters. The summed E-state index contributed by atoms with van der Waals surface area (Å²) in [5.74, 6) is 5.76. The lowest BCUT2D eigenvalue weighted by Gasteiger charge is -2.49. The van der Waals surface area contributed by atoms with Crippen LogP contribution >= 0.6 is 0 Å². The van der Waals surface area contributed by atoms with Crippen molar-refractivity contribution >= 4 is 16.8 Å². The van der Waals surface area contributed by atoms with Crippen LogP contribution in [0, 0.1) is 5.92 Å². The third kappa shape index (κ3) is 1.63. The molecule has 1 saturated carbocycles. The van der Waals surface area contributed by atoms with E-state index in [0.29, 0.717) is 5.56 Å². The summed E-state index contributed by atoms with van der Waals surface area (Å²) in [5.41, 5.74) is 8.83. The van der Waals surface area contributed by atoms with Crippen molar-refractivity contribution in [2.45, 2.75) is 31.6 Å². The van der Waals surface area contributed by atoms with Gasteiger partial charge in [0, 0.05) is 27.4 Å². The first kappa shape index (κ1) is 13.8. The smallest absolute Gasteiger partial charge is 0.265 e. The Hall–Kier alpha value is -2.60. The van der Waals surface area contributed by atoms with Gasteiger partial charge in [-0.3, -0.25) is 15.3 Å². The molecule has 2 heterocycles. The summed E-state index contributed by atoms with van der Waals surface area (Å²) < 4.78 is 0. The Morgan fingerprint density at radius 3 is 2.96 bits per heavy atom. The van der Waals surface area contributed by atoms with Crippen molar-refractivity contribution in [1.82, 2.24) is 20.6 Å². The van der Waals surface area contributed by atoms with Gasteiger partial charge in [-0.25, -0.2) is 5.84 Å². The number of hydrogen-bond donors (Lipinski definition) is 4. The second-order valence-corrected chi connectivity index (χ2v) is 7.35. The summed E-state index contributed by atoms with van der Waals surface area (Å²) in [7, 11) is 0. The Morgan fingerprint density at radius 1 is 1.38 bits per heavy atom. The fraction of sp³-hybridized carbons (Fsp3) is 0.333. The molecule has 0 unspecified atom stereocenters. The third-order valence-electron chi connectivity index (χ3n) is 5.70. The van der Waals surface area contributed by atoms with Gasteiger partial charge in [0.05, 0.1) is 17.6 Å². The fourth-order valence-electron chi connectivity index (χ4n) is 4.89. The summed E-state index contributed by atoms with van der Waals surface area (Å²) in [6, 6.07) is 5.72. The van der Waals surface area contributed by atoms with Gasteiger partial charge in [-0.1, -0.05) is 6.92 Å². The topological polar surface area (TPSA) is 99.6 Å². The molecule has 3 aromatic rings. The van der Waals surface area contributed by atoms with Gasteiger partial charge in [0.1, 0.15) is 0 Å². The van der Waals surface area contributed by atoms with Crippen molar-refractivity contribution in [2.75, 3.05) is 0 Å². The largest absolute Gasteiger partial charge is 0.353 e. The van der Waals surface area contributed by atoms with Gasteiger partial charge in [0.2, 0.25) is 0 Å². The minimum Gasteiger partial charge on any atom is -0.353 e. The third-order valence-corrected chi connectivity index (χ3v) is 5.70. The molecule has 0 radical (unpaired) electrons. The zero-order valence-electron chi connectivity index (χ0n) is 13.4. The molecule has 24 heavy (non-hydrogen) atoms. The highest BCUT2D eigenvalue weighted by atomic mass is 16.2. The van der Waals surface area contributed by atoms with Crippen LogP contribution in [-0.4, -0.2) is 21.1 Å². The summed E-state index contributed by atoms with van der Waals surface area (Å²) in [6.07, 6.45) is 5.30. The van der Waals surface area contributed by atoms with Crippen molar-refractivity contribution in [2.24, 2.45) is 11.8 Å². The summed E-state index contributed by atoms with van der Waals surface area (Å²) in [6.45, 7) is 2.30. The molecule has 0 aliphatic heterocycles. The number of amides is 1. The lowest BCUT2D eigenvalue weighted by Crippen LogP contribution is -2.43. The molecule has 6 nitrogen and oxygen atoms in total. The van der Waals surface area contributed by atoms with Crippen molar-refractivity contribution in [3.05, 3.63) is 41.1 Å². The van der Waals surface area contributed by atoms with E-state index in [4.69, 9.17) is 5.84 Å². The highest BCUT2D eigenvalue weighted by Crippen LogP contribution is 2.57. The Balaban J connectivity index is 1.80. The molecule has 2 aliphatic rings. The molecule has 5 rings (SSSR count). The van der Waals surface area contributed by atoms with E-state index in [-0.39, 0.29) is 11.3 Å². The van der Waals surface area contributed by atoms with Gasteiger partial charge >= 0.3 is 0 Å². The maximum atomic E-state index is 11.9. The number of carbonyl (C=O) groups is 1. The number of hydrogen-bond acceptors (Lipinski definition) is 3. The second-order valence-electron chi connectivity index (χ2n) is 7.35. The predicted molar refractivity (Wildman–Crippen MR) is 91.3 cm³/mol. The van der Waals surface area contributed by atoms with E-state index in [1.807, 2.05) is 18.3 Å². The molecule has 0 saturated heterocycles. The van der Waals surface area contributed by atoms with Crippen LogP contribution in [0.4, 0.5) is 0 Å². The monoisotopic (exact) mass is 321 g/mol. The Labute approximate surface area is 138 Å². The molecule has 2 aromatic heterocycles. The minimum atomic E-state index is -0.263. The number of carbonyl (C=O) groups excluding carboxylic acids is 1. The van der Waals surface area contributed by atoms with E-state index in [1.165, 1.54) is 24.0 Å². The van der Waals surface area contributed by atoms with Gasteiger partial charge in [0.25, 0.3) is 5.91 Å². The molecule has 1 fully saturated rings. The molecule has 122 valence electrons. The lowest BCUT2D eigenvalue weighted by molar-refractivity contribution is 0.0953. The Kier molecular flexibility index (Phi) is 2.58. The van der Waals surface area contributed by atoms with Crippen LogP contribution in [0.2, 0.25) is 0 Å². The highest BCUT2D eigenvalue weighted by Gasteiger charge is 2.49. The van der Waals surface area contributed by atoms with Crippen molar-refractivity contribution < 1.29 is 4.79 Å². The van der Waals surface area contributed by atoms with Crippen LogP contribution < -0.4 is 11.3 Å². The number of aromatic nitrogens is 3. The van der Waals surface area contributed by atoms with Gasteiger partial charge in [-0.15, -0.1) is 0 Å². The number of nitrogens with one attached hydrogen (secondary N) is 3. The normalized spacial score (nSPS) is 24.5.